The number of allylic oxidation sites excluding steroid dienone is 1. The number of hydrogen-bond acceptors (Lipinski definition) is 5. The first-order valence-corrected chi connectivity index (χ1v) is 7.85. The van der Waals surface area contributed by atoms with Gasteiger partial charge in [-0.25, -0.2) is 9.37 Å². The Morgan fingerprint density at radius 1 is 1.26 bits per heavy atom. The summed E-state index contributed by atoms with van der Waals surface area (Å²) < 4.78 is 14.8. The maximum Gasteiger partial charge on any atom is 0.146 e. The van der Waals surface area contributed by atoms with Crippen molar-refractivity contribution in [1.82, 2.24) is 4.98 Å². The van der Waals surface area contributed by atoms with Crippen molar-refractivity contribution in [1.29, 1.82) is 0 Å². The Kier molecular flexibility index (Phi) is 4.34. The highest BCUT2D eigenvalue weighted by molar-refractivity contribution is 7.17. The molecule has 2 heterocycles. The molecule has 0 radical (unpaired) electrons. The minimum absolute atomic E-state index is 0.302. The molecule has 0 fully saturated rings. The van der Waals surface area contributed by atoms with E-state index in [9.17, 15) is 4.39 Å². The number of pyridine rings is 1. The van der Waals surface area contributed by atoms with Gasteiger partial charge >= 0.3 is 0 Å². The second-order valence-corrected chi connectivity index (χ2v) is 5.72. The highest BCUT2D eigenvalue weighted by atomic mass is 32.1. The topological polar surface area (TPSA) is 63.3 Å². The fourth-order valence-electron chi connectivity index (χ4n) is 2.20. The van der Waals surface area contributed by atoms with Crippen molar-refractivity contribution >= 4 is 44.7 Å². The van der Waals surface area contributed by atoms with Gasteiger partial charge in [0.2, 0.25) is 0 Å². The van der Waals surface area contributed by atoms with E-state index in [0.29, 0.717) is 5.69 Å². The van der Waals surface area contributed by atoms with Crippen LogP contribution in [0.25, 0.3) is 15.8 Å². The minimum atomic E-state index is -0.302. The summed E-state index contributed by atoms with van der Waals surface area (Å²) in [4.78, 5) is 8.61. The molecule has 0 atom stereocenters. The zero-order chi connectivity index (χ0) is 16.2. The van der Waals surface area contributed by atoms with Gasteiger partial charge in [-0.15, -0.1) is 11.3 Å². The van der Waals surface area contributed by atoms with Crippen LogP contribution in [0.1, 0.15) is 5.69 Å². The number of nitrogens with two attached hydrogens (primary N) is 1. The molecule has 0 saturated heterocycles. The second kappa shape index (κ2) is 6.58. The molecule has 3 rings (SSSR count). The molecule has 0 aliphatic carbocycles. The van der Waals surface area contributed by atoms with Gasteiger partial charge in [-0.2, -0.15) is 0 Å². The van der Waals surface area contributed by atoms with Crippen LogP contribution in [0.3, 0.4) is 0 Å². The van der Waals surface area contributed by atoms with Gasteiger partial charge in [-0.3, -0.25) is 4.99 Å². The Balaban J connectivity index is 2.04. The molecule has 0 saturated carbocycles. The number of fused-ring (bicyclic) bond motifs is 1. The number of nitrogens with one attached hydrogen (secondary N) is 1. The summed E-state index contributed by atoms with van der Waals surface area (Å²) in [6.45, 7) is 0. The summed E-state index contributed by atoms with van der Waals surface area (Å²) in [5.74, 6) is -0.302. The molecule has 0 amide bonds. The molecular formula is C17H15FN4S. The quantitative estimate of drug-likeness (QED) is 0.707. The molecule has 23 heavy (non-hydrogen) atoms. The van der Waals surface area contributed by atoms with Gasteiger partial charge in [0.1, 0.15) is 11.3 Å². The number of nitrogens with zero attached hydrogens (tertiary/aromatic N) is 2. The number of rotatable bonds is 4. The number of para-hydroxylation sites is 1. The summed E-state index contributed by atoms with van der Waals surface area (Å²) in [5, 5.41) is 5.02. The maximum atomic E-state index is 13.8. The summed E-state index contributed by atoms with van der Waals surface area (Å²) in [7, 11) is 1.68. The molecule has 0 aliphatic heterocycles. The lowest BCUT2D eigenvalue weighted by Crippen LogP contribution is -1.96. The molecule has 116 valence electrons. The molecule has 1 aromatic carbocycles. The lowest BCUT2D eigenvalue weighted by atomic mass is 10.2. The second-order valence-electron chi connectivity index (χ2n) is 4.81. The third kappa shape index (κ3) is 3.07. The molecule has 0 bridgehead atoms. The minimum Gasteiger partial charge on any atom is -0.404 e. The zero-order valence-electron chi connectivity index (χ0n) is 12.5. The third-order valence-corrected chi connectivity index (χ3v) is 4.24. The van der Waals surface area contributed by atoms with Crippen molar-refractivity contribution in [2.45, 2.75) is 0 Å². The fraction of sp³-hybridized carbons (Fsp3) is 0.0588. The van der Waals surface area contributed by atoms with E-state index >= 15 is 0 Å². The fourth-order valence-corrected chi connectivity index (χ4v) is 3.03. The van der Waals surface area contributed by atoms with Gasteiger partial charge in [0.05, 0.1) is 21.8 Å². The van der Waals surface area contributed by atoms with E-state index in [-0.39, 0.29) is 5.82 Å². The van der Waals surface area contributed by atoms with E-state index in [0.717, 1.165) is 27.2 Å². The molecule has 3 aromatic rings. The van der Waals surface area contributed by atoms with E-state index in [2.05, 4.69) is 15.3 Å². The Morgan fingerprint density at radius 3 is 2.83 bits per heavy atom. The lowest BCUT2D eigenvalue weighted by molar-refractivity contribution is 0.632. The maximum absolute atomic E-state index is 13.8. The van der Waals surface area contributed by atoms with E-state index < -0.39 is 0 Å². The van der Waals surface area contributed by atoms with Crippen molar-refractivity contribution in [3.8, 4) is 0 Å². The Bertz CT molecular complexity index is 898. The largest absolute Gasteiger partial charge is 0.404 e. The van der Waals surface area contributed by atoms with Crippen LogP contribution < -0.4 is 11.1 Å². The Morgan fingerprint density at radius 2 is 2.09 bits per heavy atom. The summed E-state index contributed by atoms with van der Waals surface area (Å²) >= 11 is 1.55. The van der Waals surface area contributed by atoms with Crippen molar-refractivity contribution in [2.75, 3.05) is 12.4 Å². The number of thiophene rings is 1. The molecule has 0 spiro atoms. The van der Waals surface area contributed by atoms with E-state index in [4.69, 9.17) is 5.73 Å². The summed E-state index contributed by atoms with van der Waals surface area (Å²) in [6.07, 6.45) is 3.13. The molecular weight excluding hydrogens is 311 g/mol. The highest BCUT2D eigenvalue weighted by Gasteiger charge is 2.10. The predicted molar refractivity (Wildman–Crippen MR) is 95.9 cm³/mol. The number of hydrogen-bond donors (Lipinski definition) is 2. The van der Waals surface area contributed by atoms with Crippen LogP contribution in [0, 0.1) is 5.82 Å². The Hall–Kier alpha value is -2.73. The standard InChI is InChI=1S/C17H15FN4S/c1-20-9-11(8-19)13-6-7-16-17(22-13)15(10-23-16)21-14-5-3-2-4-12(14)18/h2-10,21H,19H2,1H3/b11-8+,20-9?. The van der Waals surface area contributed by atoms with Crippen LogP contribution in [0.4, 0.5) is 15.8 Å². The molecule has 0 unspecified atom stereocenters. The van der Waals surface area contributed by atoms with Gasteiger partial charge in [-0.1, -0.05) is 12.1 Å². The van der Waals surface area contributed by atoms with Gasteiger partial charge in [0.15, 0.2) is 0 Å². The van der Waals surface area contributed by atoms with E-state index in [1.54, 1.807) is 42.8 Å². The zero-order valence-corrected chi connectivity index (χ0v) is 13.3. The molecule has 0 aliphatic rings. The van der Waals surface area contributed by atoms with Crippen LogP contribution in [0.5, 0.6) is 0 Å². The average Bonchev–Trinajstić information content (AvgIpc) is 2.97. The first-order chi connectivity index (χ1) is 11.2. The first kappa shape index (κ1) is 15.2. The monoisotopic (exact) mass is 326 g/mol. The number of anilines is 2. The molecule has 6 heteroatoms. The summed E-state index contributed by atoms with van der Waals surface area (Å²) in [6, 6.07) is 10.4. The number of aromatic nitrogens is 1. The van der Waals surface area contributed by atoms with Crippen molar-refractivity contribution < 1.29 is 4.39 Å². The summed E-state index contributed by atoms with van der Waals surface area (Å²) in [5.41, 5.74) is 9.06. The lowest BCUT2D eigenvalue weighted by Gasteiger charge is -2.07. The number of halogens is 1. The normalized spacial score (nSPS) is 12.2. The van der Waals surface area contributed by atoms with Crippen molar-refractivity contribution in [2.24, 2.45) is 10.7 Å². The third-order valence-electron chi connectivity index (χ3n) is 3.30. The van der Waals surface area contributed by atoms with Crippen LogP contribution in [-0.4, -0.2) is 18.2 Å². The smallest absolute Gasteiger partial charge is 0.146 e. The highest BCUT2D eigenvalue weighted by Crippen LogP contribution is 2.32. The SMILES string of the molecule is CN=C/C(=C\N)c1ccc2scc(Nc3ccccc3F)c2n1. The number of aliphatic imine (C=N–C) groups is 1. The molecule has 3 N–H and O–H groups in total. The van der Waals surface area contributed by atoms with Crippen LogP contribution in [-0.2, 0) is 0 Å². The Labute approximate surface area is 137 Å². The van der Waals surface area contributed by atoms with Crippen LogP contribution in [0.2, 0.25) is 0 Å². The number of benzene rings is 1. The van der Waals surface area contributed by atoms with E-state index in [1.165, 1.54) is 12.3 Å². The van der Waals surface area contributed by atoms with E-state index in [1.807, 2.05) is 17.5 Å². The first-order valence-electron chi connectivity index (χ1n) is 6.97. The van der Waals surface area contributed by atoms with Crippen molar-refractivity contribution in [3.63, 3.8) is 0 Å². The van der Waals surface area contributed by atoms with Gasteiger partial charge in [-0.05, 0) is 24.3 Å². The average molecular weight is 326 g/mol. The molecule has 4 nitrogen and oxygen atoms in total. The predicted octanol–water partition coefficient (Wildman–Crippen LogP) is 4.18. The van der Waals surface area contributed by atoms with Crippen molar-refractivity contribution in [3.05, 3.63) is 59.5 Å². The van der Waals surface area contributed by atoms with Crippen LogP contribution >= 0.6 is 11.3 Å². The van der Waals surface area contributed by atoms with Crippen LogP contribution in [0.15, 0.2) is 53.0 Å². The van der Waals surface area contributed by atoms with Gasteiger partial charge < -0.3 is 11.1 Å². The van der Waals surface area contributed by atoms with Gasteiger partial charge in [0.25, 0.3) is 0 Å². The molecule has 2 aromatic heterocycles. The van der Waals surface area contributed by atoms with Gasteiger partial charge in [0, 0.05) is 30.4 Å².